The fourth-order valence-electron chi connectivity index (χ4n) is 2.31. The number of nitro benzene ring substituents is 1. The van der Waals surface area contributed by atoms with E-state index in [0.717, 1.165) is 0 Å². The highest BCUT2D eigenvalue weighted by molar-refractivity contribution is 6.16. The molecule has 0 saturated carbocycles. The summed E-state index contributed by atoms with van der Waals surface area (Å²) >= 11 is 0. The van der Waals surface area contributed by atoms with Crippen molar-refractivity contribution in [2.45, 2.75) is 0 Å². The van der Waals surface area contributed by atoms with Gasteiger partial charge >= 0.3 is 0 Å². The number of non-ortho nitro benzene ring substituents is 1. The van der Waals surface area contributed by atoms with E-state index >= 15 is 0 Å². The Kier molecular flexibility index (Phi) is 3.34. The molecule has 0 fully saturated rings. The van der Waals surface area contributed by atoms with Gasteiger partial charge in [0.15, 0.2) is 5.78 Å². The minimum atomic E-state index is -0.478. The molecule has 3 aromatic rings. The predicted octanol–water partition coefficient (Wildman–Crippen LogP) is 3.32. The molecule has 0 unspecified atom stereocenters. The molecule has 0 aliphatic rings. The van der Waals surface area contributed by atoms with Gasteiger partial charge in [-0.3, -0.25) is 14.9 Å². The fourth-order valence-corrected chi connectivity index (χ4v) is 2.31. The fraction of sp³-hybridized carbons (Fsp3) is 0.0625. The number of hydrogen-bond donors (Lipinski definition) is 1. The number of carbonyl (C=O) groups is 1. The summed E-state index contributed by atoms with van der Waals surface area (Å²) < 4.78 is 5.06. The number of nitrogens with zero attached hydrogens (tertiary/aromatic N) is 1. The molecule has 0 bridgehead atoms. The van der Waals surface area contributed by atoms with Gasteiger partial charge in [0.05, 0.1) is 12.0 Å². The Bertz CT molecular complexity index is 865. The molecule has 110 valence electrons. The molecule has 0 radical (unpaired) electrons. The second kappa shape index (κ2) is 5.33. The molecule has 1 heterocycles. The summed E-state index contributed by atoms with van der Waals surface area (Å²) in [6.07, 6.45) is 1.57. The van der Waals surface area contributed by atoms with E-state index in [1.807, 2.05) is 0 Å². The standard InChI is InChI=1S/C16H12N2O4/c1-22-12-5-2-10(3-6-12)16(19)14-9-17-15-7-4-11(18(20)21)8-13(14)15/h2-9,17H,1H3. The van der Waals surface area contributed by atoms with Crippen molar-refractivity contribution < 1.29 is 14.5 Å². The van der Waals surface area contributed by atoms with Crippen LogP contribution in [0.1, 0.15) is 15.9 Å². The highest BCUT2D eigenvalue weighted by Crippen LogP contribution is 2.26. The first kappa shape index (κ1) is 13.8. The van der Waals surface area contributed by atoms with Gasteiger partial charge in [0.1, 0.15) is 5.75 Å². The highest BCUT2D eigenvalue weighted by Gasteiger charge is 2.16. The Morgan fingerprint density at radius 2 is 1.91 bits per heavy atom. The smallest absolute Gasteiger partial charge is 0.270 e. The number of carbonyl (C=O) groups excluding carboxylic acids is 1. The van der Waals surface area contributed by atoms with Crippen molar-refractivity contribution in [1.82, 2.24) is 4.98 Å². The second-order valence-electron chi connectivity index (χ2n) is 4.75. The minimum Gasteiger partial charge on any atom is -0.497 e. The minimum absolute atomic E-state index is 0.0455. The molecular formula is C16H12N2O4. The van der Waals surface area contributed by atoms with Crippen LogP contribution in [0.5, 0.6) is 5.75 Å². The zero-order valence-corrected chi connectivity index (χ0v) is 11.7. The molecule has 3 rings (SSSR count). The van der Waals surface area contributed by atoms with Gasteiger partial charge in [-0.2, -0.15) is 0 Å². The molecule has 0 aliphatic heterocycles. The lowest BCUT2D eigenvalue weighted by Crippen LogP contribution is -2.00. The van der Waals surface area contributed by atoms with Gasteiger partial charge in [-0.05, 0) is 30.3 Å². The zero-order chi connectivity index (χ0) is 15.7. The number of rotatable bonds is 4. The number of aromatic nitrogens is 1. The Labute approximate surface area is 125 Å². The molecule has 1 N–H and O–H groups in total. The van der Waals surface area contributed by atoms with E-state index in [-0.39, 0.29) is 11.5 Å². The summed E-state index contributed by atoms with van der Waals surface area (Å²) in [5.41, 5.74) is 1.54. The zero-order valence-electron chi connectivity index (χ0n) is 11.7. The van der Waals surface area contributed by atoms with Crippen LogP contribution in [0.15, 0.2) is 48.7 Å². The van der Waals surface area contributed by atoms with Crippen LogP contribution in [0.3, 0.4) is 0 Å². The van der Waals surface area contributed by atoms with E-state index in [0.29, 0.717) is 27.8 Å². The Morgan fingerprint density at radius 1 is 1.18 bits per heavy atom. The number of methoxy groups -OCH3 is 1. The van der Waals surface area contributed by atoms with Gasteiger partial charge in [-0.1, -0.05) is 0 Å². The Morgan fingerprint density at radius 3 is 2.55 bits per heavy atom. The molecule has 6 heteroatoms. The van der Waals surface area contributed by atoms with Gasteiger partial charge < -0.3 is 9.72 Å². The van der Waals surface area contributed by atoms with Gasteiger partial charge in [-0.25, -0.2) is 0 Å². The number of ketones is 1. The maximum atomic E-state index is 12.6. The van der Waals surface area contributed by atoms with Crippen molar-refractivity contribution in [1.29, 1.82) is 0 Å². The quantitative estimate of drug-likeness (QED) is 0.454. The SMILES string of the molecule is COc1ccc(C(=O)c2c[nH]c3ccc([N+](=O)[O-])cc23)cc1. The average molecular weight is 296 g/mol. The van der Waals surface area contributed by atoms with E-state index in [4.69, 9.17) is 4.74 Å². The second-order valence-corrected chi connectivity index (χ2v) is 4.75. The third-order valence-corrected chi connectivity index (χ3v) is 3.47. The summed E-state index contributed by atoms with van der Waals surface area (Å²) in [6, 6.07) is 11.1. The van der Waals surface area contributed by atoms with E-state index in [9.17, 15) is 14.9 Å². The maximum Gasteiger partial charge on any atom is 0.270 e. The number of benzene rings is 2. The maximum absolute atomic E-state index is 12.6. The monoisotopic (exact) mass is 296 g/mol. The summed E-state index contributed by atoms with van der Waals surface area (Å²) in [5.74, 6) is 0.459. The average Bonchev–Trinajstić information content (AvgIpc) is 2.97. The van der Waals surface area contributed by atoms with E-state index in [1.165, 1.54) is 12.1 Å². The Balaban J connectivity index is 2.06. The number of aromatic amines is 1. The molecule has 22 heavy (non-hydrogen) atoms. The van der Waals surface area contributed by atoms with Crippen LogP contribution in [0.2, 0.25) is 0 Å². The molecule has 2 aromatic carbocycles. The normalized spacial score (nSPS) is 10.6. The van der Waals surface area contributed by atoms with Crippen LogP contribution in [0, 0.1) is 10.1 Å². The third kappa shape index (κ3) is 2.31. The lowest BCUT2D eigenvalue weighted by molar-refractivity contribution is -0.384. The van der Waals surface area contributed by atoms with Gasteiger partial charge in [0.2, 0.25) is 0 Å². The first-order valence-electron chi connectivity index (χ1n) is 6.54. The first-order chi connectivity index (χ1) is 10.6. The summed E-state index contributed by atoms with van der Waals surface area (Å²) in [5, 5.41) is 11.4. The molecule has 0 aliphatic carbocycles. The van der Waals surface area contributed by atoms with Crippen molar-refractivity contribution >= 4 is 22.4 Å². The summed E-state index contributed by atoms with van der Waals surface area (Å²) in [4.78, 5) is 25.9. The molecule has 6 nitrogen and oxygen atoms in total. The van der Waals surface area contributed by atoms with Crippen LogP contribution in [0.4, 0.5) is 5.69 Å². The lowest BCUT2D eigenvalue weighted by atomic mass is 10.0. The van der Waals surface area contributed by atoms with Crippen LogP contribution in [-0.4, -0.2) is 22.8 Å². The van der Waals surface area contributed by atoms with Crippen molar-refractivity contribution in [3.8, 4) is 5.75 Å². The van der Waals surface area contributed by atoms with Gasteiger partial charge in [0.25, 0.3) is 5.69 Å². The molecule has 0 amide bonds. The molecular weight excluding hydrogens is 284 g/mol. The molecule has 0 atom stereocenters. The van der Waals surface area contributed by atoms with Crippen molar-refractivity contribution in [2.24, 2.45) is 0 Å². The van der Waals surface area contributed by atoms with Crippen molar-refractivity contribution in [3.05, 3.63) is 69.9 Å². The first-order valence-corrected chi connectivity index (χ1v) is 6.54. The summed E-state index contributed by atoms with van der Waals surface area (Å²) in [7, 11) is 1.55. The number of nitrogens with one attached hydrogen (secondary N) is 1. The molecule has 1 aromatic heterocycles. The van der Waals surface area contributed by atoms with E-state index in [1.54, 1.807) is 43.6 Å². The lowest BCUT2D eigenvalue weighted by Gasteiger charge is -2.02. The predicted molar refractivity (Wildman–Crippen MR) is 81.4 cm³/mol. The Hall–Kier alpha value is -3.15. The number of ether oxygens (including phenoxy) is 1. The van der Waals surface area contributed by atoms with Gasteiger partial charge in [0, 0.05) is 40.4 Å². The van der Waals surface area contributed by atoms with E-state index in [2.05, 4.69) is 4.98 Å². The van der Waals surface area contributed by atoms with Crippen LogP contribution in [-0.2, 0) is 0 Å². The molecule has 0 saturated heterocycles. The van der Waals surface area contributed by atoms with Crippen molar-refractivity contribution in [3.63, 3.8) is 0 Å². The number of fused-ring (bicyclic) bond motifs is 1. The number of H-pyrrole nitrogens is 1. The topological polar surface area (TPSA) is 85.2 Å². The molecule has 0 spiro atoms. The van der Waals surface area contributed by atoms with Crippen LogP contribution < -0.4 is 4.74 Å². The third-order valence-electron chi connectivity index (χ3n) is 3.47. The van der Waals surface area contributed by atoms with Crippen LogP contribution in [0.25, 0.3) is 10.9 Å². The van der Waals surface area contributed by atoms with Crippen molar-refractivity contribution in [2.75, 3.05) is 7.11 Å². The van der Waals surface area contributed by atoms with Gasteiger partial charge in [-0.15, -0.1) is 0 Å². The number of hydrogen-bond acceptors (Lipinski definition) is 4. The van der Waals surface area contributed by atoms with E-state index < -0.39 is 4.92 Å². The van der Waals surface area contributed by atoms with Crippen LogP contribution >= 0.6 is 0 Å². The number of nitro groups is 1. The summed E-state index contributed by atoms with van der Waals surface area (Å²) in [6.45, 7) is 0. The highest BCUT2D eigenvalue weighted by atomic mass is 16.6. The largest absolute Gasteiger partial charge is 0.497 e.